The first-order valence-electron chi connectivity index (χ1n) is 1.78. The second-order valence-corrected chi connectivity index (χ2v) is 0.724. The Bertz CT molecular complexity index is 24.0. The predicted molar refractivity (Wildman–Crippen MR) is 24.0 cm³/mol. The van der Waals surface area contributed by atoms with Gasteiger partial charge in [0.1, 0.15) is 0 Å². The standard InChI is InChI=1S/C3H8O.CHN/c1-2-3-4;1-2/h4H,2-3H2,1H3;1H. The van der Waals surface area contributed by atoms with Gasteiger partial charge in [0, 0.05) is 13.2 Å². The minimum Gasteiger partial charge on any atom is -0.396 e. The molecular weight excluding hydrogens is 78.0 g/mol. The summed E-state index contributed by atoms with van der Waals surface area (Å²) in [6.07, 6.45) is 0.875. The lowest BCUT2D eigenvalue weighted by molar-refractivity contribution is 0.295. The maximum Gasteiger partial charge on any atom is 0.0462 e. The summed E-state index contributed by atoms with van der Waals surface area (Å²) in [5.74, 6) is 0. The van der Waals surface area contributed by atoms with E-state index in [1.165, 1.54) is 0 Å². The third-order valence-electron chi connectivity index (χ3n) is 0.224. The van der Waals surface area contributed by atoms with Gasteiger partial charge in [-0.05, 0) is 6.42 Å². The molecule has 0 bridgehead atoms. The van der Waals surface area contributed by atoms with Gasteiger partial charge in [-0.1, -0.05) is 6.92 Å². The van der Waals surface area contributed by atoms with Crippen molar-refractivity contribution in [2.75, 3.05) is 6.61 Å². The normalized spacial score (nSPS) is 5.33. The lowest BCUT2D eigenvalue weighted by atomic mass is 10.5. The van der Waals surface area contributed by atoms with Crippen LogP contribution in [0.25, 0.3) is 0 Å². The van der Waals surface area contributed by atoms with E-state index in [2.05, 4.69) is 6.57 Å². The van der Waals surface area contributed by atoms with Crippen molar-refractivity contribution in [2.45, 2.75) is 13.3 Å². The molecule has 0 aliphatic carbocycles. The van der Waals surface area contributed by atoms with Crippen LogP contribution in [0.15, 0.2) is 0 Å². The molecule has 0 aromatic heterocycles. The molecule has 6 heavy (non-hydrogen) atoms. The third kappa shape index (κ3) is 102. The predicted octanol–water partition coefficient (Wildman–Crippen LogP) is 0.528. The Morgan fingerprint density at radius 1 is 1.67 bits per heavy atom. The number of hydrogen-bond donors (Lipinski definition) is 1. The van der Waals surface area contributed by atoms with Crippen molar-refractivity contribution in [3.05, 3.63) is 0 Å². The minimum absolute atomic E-state index is 0.319. The molecule has 2 nitrogen and oxygen atoms in total. The molecule has 0 saturated heterocycles. The summed E-state index contributed by atoms with van der Waals surface area (Å²) in [5, 5.41) is 14.4. The van der Waals surface area contributed by atoms with E-state index in [0.717, 1.165) is 6.42 Å². The zero-order valence-corrected chi connectivity index (χ0v) is 3.89. The molecule has 0 aromatic carbocycles. The Kier molecular flexibility index (Phi) is 38.1. The van der Waals surface area contributed by atoms with Gasteiger partial charge >= 0.3 is 0 Å². The molecule has 1 N–H and O–H groups in total. The fourth-order valence-electron chi connectivity index (χ4n) is 0. The Hall–Kier alpha value is -0.550. The van der Waals surface area contributed by atoms with Crippen LogP contribution in [0.5, 0.6) is 0 Å². The van der Waals surface area contributed by atoms with E-state index < -0.39 is 0 Å². The number of aliphatic hydroxyl groups is 1. The van der Waals surface area contributed by atoms with Gasteiger partial charge in [0.15, 0.2) is 0 Å². The summed E-state index contributed by atoms with van der Waals surface area (Å²) in [5.41, 5.74) is 0. The zero-order chi connectivity index (χ0) is 5.41. The van der Waals surface area contributed by atoms with Crippen LogP contribution < -0.4 is 0 Å². The molecule has 0 heterocycles. The van der Waals surface area contributed by atoms with E-state index in [1.54, 1.807) is 0 Å². The molecule has 0 rings (SSSR count). The van der Waals surface area contributed by atoms with E-state index in [1.807, 2.05) is 6.92 Å². The smallest absolute Gasteiger partial charge is 0.0462 e. The molecule has 0 amide bonds. The van der Waals surface area contributed by atoms with Crippen molar-refractivity contribution in [3.8, 4) is 6.57 Å². The number of hydrogen-bond acceptors (Lipinski definition) is 2. The summed E-state index contributed by atoms with van der Waals surface area (Å²) in [4.78, 5) is 0. The zero-order valence-electron chi connectivity index (χ0n) is 3.89. The number of nitrogens with zero attached hydrogens (tertiary/aromatic N) is 1. The third-order valence-corrected chi connectivity index (χ3v) is 0.224. The Morgan fingerprint density at radius 2 is 1.83 bits per heavy atom. The van der Waals surface area contributed by atoms with Crippen LogP contribution in [-0.4, -0.2) is 11.7 Å². The molecule has 0 radical (unpaired) electrons. The maximum absolute atomic E-state index is 7.88. The maximum atomic E-state index is 7.88. The Morgan fingerprint density at radius 3 is 1.83 bits per heavy atom. The Balaban J connectivity index is 0. The molecule has 2 heteroatoms. The lowest BCUT2D eigenvalue weighted by Crippen LogP contribution is -1.69. The minimum atomic E-state index is 0.319. The quantitative estimate of drug-likeness (QED) is 0.507. The van der Waals surface area contributed by atoms with Crippen molar-refractivity contribution < 1.29 is 5.11 Å². The van der Waals surface area contributed by atoms with Gasteiger partial charge in [0.05, 0.1) is 0 Å². The monoisotopic (exact) mass is 87.1 g/mol. The second kappa shape index (κ2) is 25.2. The van der Waals surface area contributed by atoms with E-state index in [4.69, 9.17) is 10.4 Å². The summed E-state index contributed by atoms with van der Waals surface area (Å²) in [6, 6.07) is 0. The van der Waals surface area contributed by atoms with Crippen LogP contribution >= 0.6 is 0 Å². The van der Waals surface area contributed by atoms with Gasteiger partial charge in [0.2, 0.25) is 0 Å². The van der Waals surface area contributed by atoms with Crippen LogP contribution in [0, 0.1) is 11.8 Å². The molecule has 0 unspecified atom stereocenters. The molecule has 0 spiro atoms. The number of aliphatic hydroxyl groups excluding tert-OH is 1. The number of rotatable bonds is 1. The molecule has 36 valence electrons. The highest BCUT2D eigenvalue weighted by molar-refractivity contribution is 4.10. The highest BCUT2D eigenvalue weighted by Gasteiger charge is 1.57. The van der Waals surface area contributed by atoms with E-state index in [-0.39, 0.29) is 0 Å². The molecule has 0 saturated carbocycles. The van der Waals surface area contributed by atoms with Crippen LogP contribution in [0.3, 0.4) is 0 Å². The molecule has 0 aliphatic heterocycles. The fraction of sp³-hybridized carbons (Fsp3) is 0.750. The lowest BCUT2D eigenvalue weighted by Gasteiger charge is -1.69. The van der Waals surface area contributed by atoms with Gasteiger partial charge in [-0.3, -0.25) is 0 Å². The van der Waals surface area contributed by atoms with Crippen molar-refractivity contribution in [3.63, 3.8) is 0 Å². The van der Waals surface area contributed by atoms with E-state index in [0.29, 0.717) is 6.61 Å². The van der Waals surface area contributed by atoms with Crippen molar-refractivity contribution in [1.29, 1.82) is 5.26 Å². The summed E-state index contributed by atoms with van der Waals surface area (Å²) < 4.78 is 0. The van der Waals surface area contributed by atoms with Crippen LogP contribution in [0.1, 0.15) is 13.3 Å². The van der Waals surface area contributed by atoms with Gasteiger partial charge in [-0.2, -0.15) is 0 Å². The molecule has 0 aliphatic rings. The van der Waals surface area contributed by atoms with Crippen molar-refractivity contribution in [2.24, 2.45) is 0 Å². The van der Waals surface area contributed by atoms with Crippen LogP contribution in [0.4, 0.5) is 0 Å². The first-order valence-corrected chi connectivity index (χ1v) is 1.78. The first-order chi connectivity index (χ1) is 2.91. The van der Waals surface area contributed by atoms with Crippen LogP contribution in [-0.2, 0) is 0 Å². The van der Waals surface area contributed by atoms with Crippen molar-refractivity contribution >= 4 is 0 Å². The summed E-state index contributed by atoms with van der Waals surface area (Å²) in [7, 11) is 0. The first kappa shape index (κ1) is 9.07. The average molecular weight is 87.1 g/mol. The average Bonchev–Trinajstić information content (AvgIpc) is 1.72. The van der Waals surface area contributed by atoms with Gasteiger partial charge in [-0.15, -0.1) is 0 Å². The topological polar surface area (TPSA) is 44.0 Å². The Labute approximate surface area is 38.0 Å². The van der Waals surface area contributed by atoms with Gasteiger partial charge < -0.3 is 5.11 Å². The summed E-state index contributed by atoms with van der Waals surface area (Å²) in [6.45, 7) is 5.75. The highest BCUT2D eigenvalue weighted by Crippen LogP contribution is 1.61. The molecule has 0 fully saturated rings. The van der Waals surface area contributed by atoms with Crippen molar-refractivity contribution in [1.82, 2.24) is 0 Å². The molecule has 0 atom stereocenters. The fourth-order valence-corrected chi connectivity index (χ4v) is 0. The highest BCUT2D eigenvalue weighted by atomic mass is 16.2. The van der Waals surface area contributed by atoms with Crippen LogP contribution in [0.2, 0.25) is 0 Å². The largest absolute Gasteiger partial charge is 0.396 e. The van der Waals surface area contributed by atoms with Gasteiger partial charge in [-0.25, -0.2) is 5.26 Å². The van der Waals surface area contributed by atoms with E-state index in [9.17, 15) is 0 Å². The van der Waals surface area contributed by atoms with Gasteiger partial charge in [0.25, 0.3) is 0 Å². The number of nitriles is 1. The van der Waals surface area contributed by atoms with E-state index >= 15 is 0 Å². The summed E-state index contributed by atoms with van der Waals surface area (Å²) >= 11 is 0. The molecular formula is C4H9NO. The second-order valence-electron chi connectivity index (χ2n) is 0.724. The SMILES string of the molecule is C#N.CCCO. The molecule has 0 aromatic rings.